The van der Waals surface area contributed by atoms with E-state index in [0.29, 0.717) is 5.56 Å². The molecule has 5 rings (SSSR count). The number of carbonyl (C=O) groups excluding carboxylic acids is 1. The minimum absolute atomic E-state index is 0. The number of aryl methyl sites for hydroxylation is 2. The van der Waals surface area contributed by atoms with Crippen molar-refractivity contribution >= 4 is 39.3 Å². The van der Waals surface area contributed by atoms with Crippen molar-refractivity contribution in [2.45, 2.75) is 13.8 Å². The first-order chi connectivity index (χ1) is 17.5. The normalized spacial score (nSPS) is 10.2. The van der Waals surface area contributed by atoms with E-state index in [2.05, 4.69) is 117 Å². The molecule has 0 heterocycles. The monoisotopic (exact) mass is 573 g/mol. The summed E-state index contributed by atoms with van der Waals surface area (Å²) in [6.07, 6.45) is 6.55. The third-order valence-corrected chi connectivity index (χ3v) is 6.00. The van der Waals surface area contributed by atoms with Crippen LogP contribution in [0.15, 0.2) is 127 Å². The third kappa shape index (κ3) is 9.84. The van der Waals surface area contributed by atoms with E-state index in [1.807, 2.05) is 6.07 Å². The Bertz CT molecular complexity index is 1500. The predicted molar refractivity (Wildman–Crippen MR) is 172 cm³/mol. The topological polar surface area (TPSA) is 40.9 Å². The van der Waals surface area contributed by atoms with Crippen molar-refractivity contribution in [3.63, 3.8) is 0 Å². The average Bonchev–Trinajstić information content (AvgIpc) is 3.33. The van der Waals surface area contributed by atoms with Crippen LogP contribution >= 0.6 is 0 Å². The van der Waals surface area contributed by atoms with E-state index in [-0.39, 0.29) is 47.5 Å². The van der Waals surface area contributed by atoms with Gasteiger partial charge in [-0.1, -0.05) is 120 Å². The summed E-state index contributed by atoms with van der Waals surface area (Å²) < 4.78 is 0. The quantitative estimate of drug-likeness (QED) is 0.117. The van der Waals surface area contributed by atoms with Gasteiger partial charge in [0.1, 0.15) is 0 Å². The van der Waals surface area contributed by atoms with E-state index in [1.165, 1.54) is 44.2 Å². The molecule has 0 saturated carbocycles. The van der Waals surface area contributed by atoms with Crippen LogP contribution in [0.3, 0.4) is 0 Å². The summed E-state index contributed by atoms with van der Waals surface area (Å²) in [5, 5.41) is 2.58. The van der Waals surface area contributed by atoms with Gasteiger partial charge >= 0.3 is 21.7 Å². The number of hydrogen-bond donors (Lipinski definition) is 0. The molecule has 0 aliphatic heterocycles. The van der Waals surface area contributed by atoms with Gasteiger partial charge in [0, 0.05) is 11.0 Å². The number of benzene rings is 4. The fourth-order valence-electron chi connectivity index (χ4n) is 3.98. The number of carbonyl (C=O) groups is 1. The maximum atomic E-state index is 10.3. The van der Waals surface area contributed by atoms with Gasteiger partial charge in [0.05, 0.1) is 5.91 Å². The van der Waals surface area contributed by atoms with E-state index in [9.17, 15) is 4.79 Å². The Hall–Kier alpha value is -3.63. The molecule has 1 N–H and O–H groups in total. The summed E-state index contributed by atoms with van der Waals surface area (Å²) in [5.41, 5.74) is 14.7. The van der Waals surface area contributed by atoms with E-state index >= 15 is 0 Å². The summed E-state index contributed by atoms with van der Waals surface area (Å²) in [6.45, 7) is 4.24. The minimum Gasteiger partial charge on any atom is -0.664 e. The first-order valence-corrected chi connectivity index (χ1v) is 12.0. The van der Waals surface area contributed by atoms with Gasteiger partial charge < -0.3 is 25.4 Å². The van der Waals surface area contributed by atoms with Crippen LogP contribution in [0.5, 0.6) is 0 Å². The van der Waals surface area contributed by atoms with Crippen molar-refractivity contribution in [3.8, 4) is 0 Å². The zero-order chi connectivity index (χ0) is 25.3. The average molecular weight is 574 g/mol. The zero-order valence-corrected chi connectivity index (χ0v) is 26.2. The molecule has 5 aromatic rings. The van der Waals surface area contributed by atoms with E-state index < -0.39 is 5.91 Å². The minimum atomic E-state index is -0.629. The molecule has 0 spiro atoms. The van der Waals surface area contributed by atoms with Crippen molar-refractivity contribution in [2.24, 2.45) is 0 Å². The Balaban J connectivity index is 0.00000101. The molecule has 40 heavy (non-hydrogen) atoms. The van der Waals surface area contributed by atoms with Crippen molar-refractivity contribution in [1.82, 2.24) is 0 Å². The molecule has 0 saturated heterocycles. The first-order valence-electron chi connectivity index (χ1n) is 12.0. The molecule has 0 unspecified atom stereocenters. The van der Waals surface area contributed by atoms with Gasteiger partial charge in [0.2, 0.25) is 0 Å². The van der Waals surface area contributed by atoms with Crippen molar-refractivity contribution < 1.29 is 26.5 Å². The van der Waals surface area contributed by atoms with Crippen LogP contribution in [-0.4, -0.2) is 16.9 Å². The van der Waals surface area contributed by atoms with Crippen LogP contribution in [0.4, 0.5) is 0 Å². The second-order valence-electron chi connectivity index (χ2n) is 8.75. The number of amides is 1. The van der Waals surface area contributed by atoms with Crippen molar-refractivity contribution in [2.75, 3.05) is 0 Å². The molecule has 0 bridgehead atoms. The zero-order valence-electron chi connectivity index (χ0n) is 23.6. The van der Waals surface area contributed by atoms with E-state index in [1.54, 1.807) is 24.3 Å². The second-order valence-corrected chi connectivity index (χ2v) is 8.75. The number of hydrogen-bond acceptors (Lipinski definition) is 1. The van der Waals surface area contributed by atoms with Gasteiger partial charge in [-0.25, -0.2) is 0 Å². The van der Waals surface area contributed by atoms with Crippen LogP contribution in [0.1, 0.15) is 38.2 Å². The van der Waals surface area contributed by atoms with Crippen LogP contribution in [0, 0.1) is 28.7 Å². The Morgan fingerprint density at radius 1 is 0.725 bits per heavy atom. The van der Waals surface area contributed by atoms with Crippen LogP contribution in [0.25, 0.3) is 28.2 Å². The molecule has 5 aromatic carbocycles. The molecular weight excluding hydrogens is 538 g/mol. The fourth-order valence-corrected chi connectivity index (χ4v) is 3.98. The molecular formula is C36H35NOSiTi. The van der Waals surface area contributed by atoms with E-state index in [4.69, 9.17) is 5.73 Å². The molecule has 198 valence electrons. The standard InChI is InChI=1S/C27H23.C7H7NO.2CH3.Si.Ti/c1-20-10-14-22(15-11-20)6-5-9-26(24-16-12-21(2)13-17-24)27-19-18-23-7-3-4-8-25(23)27;8-7(9)6-4-2-1-3-5-6;;;;/h3-19H,1-2H3;1-5H,(H2,8,9);2*1H3;;/q-1;;2*-1;;+4/p-1. The van der Waals surface area contributed by atoms with Crippen LogP contribution in [0.2, 0.25) is 0 Å². The van der Waals surface area contributed by atoms with Gasteiger partial charge in [-0.15, -0.1) is 46.7 Å². The summed E-state index contributed by atoms with van der Waals surface area (Å²) >= 11 is 0. The second kappa shape index (κ2) is 17.9. The summed E-state index contributed by atoms with van der Waals surface area (Å²) in [6, 6.07) is 38.9. The number of allylic oxidation sites excluding steroid dienone is 2. The summed E-state index contributed by atoms with van der Waals surface area (Å²) in [5.74, 6) is -0.629. The van der Waals surface area contributed by atoms with Crippen molar-refractivity contribution in [3.05, 3.63) is 181 Å². The van der Waals surface area contributed by atoms with Gasteiger partial charge in [0.15, 0.2) is 0 Å². The predicted octanol–water partition coefficient (Wildman–Crippen LogP) is 9.72. The molecule has 1 amide bonds. The molecule has 2 nitrogen and oxygen atoms in total. The summed E-state index contributed by atoms with van der Waals surface area (Å²) in [7, 11) is 0. The summed E-state index contributed by atoms with van der Waals surface area (Å²) in [4.78, 5) is 10.3. The maximum Gasteiger partial charge on any atom is 4.00 e. The molecule has 0 aliphatic rings. The molecule has 4 radical (unpaired) electrons. The largest absolute Gasteiger partial charge is 4.00 e. The fraction of sp³-hybridized carbons (Fsp3) is 0.0556. The Morgan fingerprint density at radius 3 is 1.85 bits per heavy atom. The number of fused-ring (bicyclic) bond motifs is 1. The smallest absolute Gasteiger partial charge is 0.664 e. The molecule has 0 aromatic heterocycles. The number of nitrogens with one attached hydrogen (secondary N) is 1. The first kappa shape index (κ1) is 36.4. The Labute approximate surface area is 259 Å². The van der Waals surface area contributed by atoms with Gasteiger partial charge in [0.25, 0.3) is 0 Å². The Morgan fingerprint density at radius 2 is 1.27 bits per heavy atom. The molecule has 0 fully saturated rings. The van der Waals surface area contributed by atoms with Crippen LogP contribution in [-0.2, 0) is 21.7 Å². The molecule has 0 atom stereocenters. The van der Waals surface area contributed by atoms with Crippen LogP contribution < -0.4 is 0 Å². The van der Waals surface area contributed by atoms with E-state index in [0.717, 1.165) is 0 Å². The van der Waals surface area contributed by atoms with Gasteiger partial charge in [-0.3, -0.25) is 0 Å². The Kier molecular flexibility index (Phi) is 16.2. The number of rotatable bonds is 5. The van der Waals surface area contributed by atoms with Crippen molar-refractivity contribution in [1.29, 1.82) is 0 Å². The third-order valence-electron chi connectivity index (χ3n) is 6.00. The SMILES string of the molecule is Cc1ccc(C=CC=C(c2ccc(C)cc2)c2c[cH-]c3ccccc23)cc1.[CH3-].[CH3-].[NH-]C(=O)c1ccccc1.[Si].[Ti+4]. The van der Waals surface area contributed by atoms with Gasteiger partial charge in [-0.05, 0) is 30.5 Å². The maximum absolute atomic E-state index is 10.3. The molecule has 0 aliphatic carbocycles. The molecule has 4 heteroatoms. The van der Waals surface area contributed by atoms with Gasteiger partial charge in [-0.2, -0.15) is 0 Å².